The van der Waals surface area contributed by atoms with Crippen molar-refractivity contribution in [3.05, 3.63) is 48.5 Å². The normalized spacial score (nSPS) is 14.6. The lowest BCUT2D eigenvalue weighted by atomic mass is 10.2. The molecule has 0 aromatic heterocycles. The number of hydrogen-bond donors (Lipinski definition) is 2. The zero-order chi connectivity index (χ0) is 19.9. The monoisotopic (exact) mass is 381 g/mol. The van der Waals surface area contributed by atoms with Gasteiger partial charge >= 0.3 is 6.03 Å². The average Bonchev–Trinajstić information content (AvgIpc) is 2.71. The zero-order valence-electron chi connectivity index (χ0n) is 17.1. The summed E-state index contributed by atoms with van der Waals surface area (Å²) < 4.78 is 0. The molecule has 2 aromatic carbocycles. The van der Waals surface area contributed by atoms with Crippen molar-refractivity contribution in [2.75, 3.05) is 66.7 Å². The number of carbonyl (C=O) groups is 1. The highest BCUT2D eigenvalue weighted by Gasteiger charge is 2.14. The van der Waals surface area contributed by atoms with E-state index in [1.165, 1.54) is 5.69 Å². The van der Waals surface area contributed by atoms with Crippen LogP contribution in [0.1, 0.15) is 13.8 Å². The van der Waals surface area contributed by atoms with E-state index in [-0.39, 0.29) is 6.03 Å². The van der Waals surface area contributed by atoms with Crippen LogP contribution in [-0.2, 0) is 0 Å². The van der Waals surface area contributed by atoms with Crippen LogP contribution in [0.15, 0.2) is 48.5 Å². The Morgan fingerprint density at radius 2 is 1.36 bits per heavy atom. The molecule has 0 saturated carbocycles. The van der Waals surface area contributed by atoms with E-state index in [0.29, 0.717) is 0 Å². The highest BCUT2D eigenvalue weighted by Crippen LogP contribution is 2.20. The molecule has 1 aliphatic heterocycles. The number of anilines is 4. The van der Waals surface area contributed by atoms with E-state index in [2.05, 4.69) is 58.4 Å². The Morgan fingerprint density at radius 1 is 0.857 bits per heavy atom. The summed E-state index contributed by atoms with van der Waals surface area (Å²) in [5, 5.41) is 5.79. The maximum absolute atomic E-state index is 12.3. The predicted octanol–water partition coefficient (Wildman–Crippen LogP) is 3.93. The second-order valence-corrected chi connectivity index (χ2v) is 7.14. The molecule has 2 amide bonds. The number of rotatable bonds is 6. The highest BCUT2D eigenvalue weighted by atomic mass is 16.2. The van der Waals surface area contributed by atoms with Gasteiger partial charge in [0, 0.05) is 62.0 Å². The summed E-state index contributed by atoms with van der Waals surface area (Å²) in [6.45, 7) is 10.4. The highest BCUT2D eigenvalue weighted by molar-refractivity contribution is 5.99. The fourth-order valence-electron chi connectivity index (χ4n) is 3.46. The third kappa shape index (κ3) is 5.16. The maximum atomic E-state index is 12.3. The van der Waals surface area contributed by atoms with Gasteiger partial charge in [0.25, 0.3) is 0 Å². The molecule has 150 valence electrons. The van der Waals surface area contributed by atoms with Gasteiger partial charge in [0.2, 0.25) is 0 Å². The van der Waals surface area contributed by atoms with Gasteiger partial charge in [-0.3, -0.25) is 0 Å². The van der Waals surface area contributed by atoms with Crippen molar-refractivity contribution in [2.45, 2.75) is 13.8 Å². The number of carbonyl (C=O) groups excluding carboxylic acids is 1. The van der Waals surface area contributed by atoms with E-state index >= 15 is 0 Å². The van der Waals surface area contributed by atoms with Crippen molar-refractivity contribution in [1.29, 1.82) is 0 Å². The summed E-state index contributed by atoms with van der Waals surface area (Å²) >= 11 is 0. The van der Waals surface area contributed by atoms with E-state index in [0.717, 1.165) is 56.3 Å². The topological polar surface area (TPSA) is 50.9 Å². The van der Waals surface area contributed by atoms with Crippen LogP contribution in [0.5, 0.6) is 0 Å². The minimum absolute atomic E-state index is 0.233. The minimum atomic E-state index is -0.233. The van der Waals surface area contributed by atoms with Crippen molar-refractivity contribution in [3.63, 3.8) is 0 Å². The van der Waals surface area contributed by atoms with Gasteiger partial charge in [0.15, 0.2) is 0 Å². The number of likely N-dealkylation sites (N-methyl/N-ethyl adjacent to an activating group) is 1. The van der Waals surface area contributed by atoms with Crippen LogP contribution in [0.2, 0.25) is 0 Å². The van der Waals surface area contributed by atoms with Gasteiger partial charge in [-0.25, -0.2) is 4.79 Å². The zero-order valence-corrected chi connectivity index (χ0v) is 17.1. The molecule has 0 radical (unpaired) electrons. The molecule has 6 heteroatoms. The number of piperazine rings is 1. The Kier molecular flexibility index (Phi) is 6.76. The van der Waals surface area contributed by atoms with Gasteiger partial charge in [-0.15, -0.1) is 0 Å². The first-order chi connectivity index (χ1) is 13.6. The largest absolute Gasteiger partial charge is 0.372 e. The van der Waals surface area contributed by atoms with E-state index in [9.17, 15) is 4.79 Å². The predicted molar refractivity (Wildman–Crippen MR) is 119 cm³/mol. The van der Waals surface area contributed by atoms with Crippen LogP contribution in [0, 0.1) is 0 Å². The first-order valence-electron chi connectivity index (χ1n) is 10.1. The fraction of sp³-hybridized carbons (Fsp3) is 0.409. The smallest absolute Gasteiger partial charge is 0.323 e. The quantitative estimate of drug-likeness (QED) is 0.796. The van der Waals surface area contributed by atoms with Crippen LogP contribution in [0.3, 0.4) is 0 Å². The van der Waals surface area contributed by atoms with Gasteiger partial charge in [-0.2, -0.15) is 0 Å². The lowest BCUT2D eigenvalue weighted by molar-refractivity contribution is 0.262. The molecule has 0 bridgehead atoms. The van der Waals surface area contributed by atoms with E-state index in [1.807, 2.05) is 36.4 Å². The van der Waals surface area contributed by atoms with Crippen LogP contribution >= 0.6 is 0 Å². The lowest BCUT2D eigenvalue weighted by Crippen LogP contribution is -2.44. The van der Waals surface area contributed by atoms with Crippen LogP contribution < -0.4 is 20.4 Å². The summed E-state index contributed by atoms with van der Waals surface area (Å²) in [5.74, 6) is 0. The molecule has 0 atom stereocenters. The van der Waals surface area contributed by atoms with Crippen molar-refractivity contribution < 1.29 is 4.79 Å². The Hall–Kier alpha value is -2.73. The molecule has 1 saturated heterocycles. The molecule has 1 fully saturated rings. The molecule has 2 aromatic rings. The molecule has 1 heterocycles. The molecular weight excluding hydrogens is 350 g/mol. The minimum Gasteiger partial charge on any atom is -0.372 e. The molecule has 0 spiro atoms. The Balaban J connectivity index is 1.53. The first-order valence-corrected chi connectivity index (χ1v) is 10.1. The Morgan fingerprint density at radius 3 is 1.86 bits per heavy atom. The van der Waals surface area contributed by atoms with Crippen LogP contribution in [-0.4, -0.2) is 57.2 Å². The third-order valence-electron chi connectivity index (χ3n) is 5.25. The number of hydrogen-bond acceptors (Lipinski definition) is 4. The molecule has 0 aliphatic carbocycles. The number of nitrogens with zero attached hydrogens (tertiary/aromatic N) is 3. The van der Waals surface area contributed by atoms with Gasteiger partial charge in [-0.1, -0.05) is 0 Å². The van der Waals surface area contributed by atoms with Crippen molar-refractivity contribution >= 4 is 28.8 Å². The standard InChI is InChI=1S/C22H31N5O/c1-4-26(5-2)20-10-6-18(7-11-20)23-22(28)24-19-8-12-21(13-9-19)27-16-14-25(3)15-17-27/h6-13H,4-5,14-17H2,1-3H3,(H2,23,24,28). The Bertz CT molecular complexity index is 748. The number of urea groups is 1. The fourth-order valence-corrected chi connectivity index (χ4v) is 3.46. The molecule has 28 heavy (non-hydrogen) atoms. The van der Waals surface area contributed by atoms with E-state index in [1.54, 1.807) is 0 Å². The number of nitrogens with one attached hydrogen (secondary N) is 2. The second kappa shape index (κ2) is 9.46. The second-order valence-electron chi connectivity index (χ2n) is 7.14. The van der Waals surface area contributed by atoms with Gasteiger partial charge < -0.3 is 25.3 Å². The average molecular weight is 382 g/mol. The van der Waals surface area contributed by atoms with Crippen LogP contribution in [0.25, 0.3) is 0 Å². The van der Waals surface area contributed by atoms with Crippen molar-refractivity contribution in [1.82, 2.24) is 4.90 Å². The summed E-state index contributed by atoms with van der Waals surface area (Å²) in [7, 11) is 2.15. The molecule has 3 rings (SSSR count). The first kappa shape index (κ1) is 20.0. The van der Waals surface area contributed by atoms with Gasteiger partial charge in [-0.05, 0) is 69.4 Å². The van der Waals surface area contributed by atoms with Crippen LogP contribution in [0.4, 0.5) is 27.5 Å². The molecular formula is C22H31N5O. The van der Waals surface area contributed by atoms with E-state index in [4.69, 9.17) is 0 Å². The maximum Gasteiger partial charge on any atom is 0.323 e. The third-order valence-corrected chi connectivity index (χ3v) is 5.25. The summed E-state index contributed by atoms with van der Waals surface area (Å²) in [5.41, 5.74) is 3.93. The molecule has 0 unspecified atom stereocenters. The molecule has 6 nitrogen and oxygen atoms in total. The molecule has 1 aliphatic rings. The summed E-state index contributed by atoms with van der Waals surface area (Å²) in [6.07, 6.45) is 0. The molecule has 2 N–H and O–H groups in total. The van der Waals surface area contributed by atoms with Crippen molar-refractivity contribution in [3.8, 4) is 0 Å². The lowest BCUT2D eigenvalue weighted by Gasteiger charge is -2.34. The van der Waals surface area contributed by atoms with Crippen molar-refractivity contribution in [2.24, 2.45) is 0 Å². The SMILES string of the molecule is CCN(CC)c1ccc(NC(=O)Nc2ccc(N3CCN(C)CC3)cc2)cc1. The van der Waals surface area contributed by atoms with Gasteiger partial charge in [0.05, 0.1) is 0 Å². The summed E-state index contributed by atoms with van der Waals surface area (Å²) in [6, 6.07) is 15.8. The number of amides is 2. The van der Waals surface area contributed by atoms with Gasteiger partial charge in [0.1, 0.15) is 0 Å². The Labute approximate surface area is 168 Å². The summed E-state index contributed by atoms with van der Waals surface area (Å²) in [4.78, 5) is 19.3. The van der Waals surface area contributed by atoms with E-state index < -0.39 is 0 Å². The number of benzene rings is 2.